The van der Waals surface area contributed by atoms with Crippen molar-refractivity contribution in [1.82, 2.24) is 0 Å². The van der Waals surface area contributed by atoms with Gasteiger partial charge in [0.05, 0.1) is 11.2 Å². The molecule has 1 fully saturated rings. The predicted molar refractivity (Wildman–Crippen MR) is 101 cm³/mol. The van der Waals surface area contributed by atoms with Gasteiger partial charge in [-0.25, -0.2) is 8.78 Å². The van der Waals surface area contributed by atoms with E-state index in [-0.39, 0.29) is 0 Å². The fraction of sp³-hybridized carbons (Fsp3) is 0.217. The molecule has 0 aromatic heterocycles. The topological polar surface area (TPSA) is 3.24 Å². The Labute approximate surface area is 152 Å². The third kappa shape index (κ3) is 2.78. The van der Waals surface area contributed by atoms with Crippen molar-refractivity contribution in [2.75, 3.05) is 11.4 Å². The maximum Gasteiger partial charge on any atom is 0.149 e. The van der Waals surface area contributed by atoms with Crippen LogP contribution in [-0.2, 0) is 5.54 Å². The second-order valence-electron chi connectivity index (χ2n) is 6.80. The summed E-state index contributed by atoms with van der Waals surface area (Å²) in [7, 11) is 0. The zero-order valence-electron chi connectivity index (χ0n) is 14.5. The first-order chi connectivity index (χ1) is 12.7. The summed E-state index contributed by atoms with van der Waals surface area (Å²) in [4.78, 5) is 2.12. The van der Waals surface area contributed by atoms with Gasteiger partial charge in [0, 0.05) is 12.6 Å². The van der Waals surface area contributed by atoms with Crippen LogP contribution in [0.3, 0.4) is 0 Å². The largest absolute Gasteiger partial charge is 0.355 e. The Kier molecular flexibility index (Phi) is 4.46. The minimum Gasteiger partial charge on any atom is -0.355 e. The van der Waals surface area contributed by atoms with E-state index in [0.29, 0.717) is 5.69 Å². The van der Waals surface area contributed by atoms with E-state index in [4.69, 9.17) is 0 Å². The predicted octanol–water partition coefficient (Wildman–Crippen LogP) is 5.90. The zero-order valence-corrected chi connectivity index (χ0v) is 14.5. The molecular formula is C23H21F2N. The molecule has 132 valence electrons. The maximum atomic E-state index is 14.7. The summed E-state index contributed by atoms with van der Waals surface area (Å²) in [6.07, 6.45) is 2.93. The van der Waals surface area contributed by atoms with Crippen molar-refractivity contribution in [3.05, 3.63) is 102 Å². The van der Waals surface area contributed by atoms with Gasteiger partial charge >= 0.3 is 0 Å². The lowest BCUT2D eigenvalue weighted by Crippen LogP contribution is -2.51. The fourth-order valence-electron chi connectivity index (χ4n) is 4.20. The van der Waals surface area contributed by atoms with Crippen molar-refractivity contribution in [2.24, 2.45) is 0 Å². The highest BCUT2D eigenvalue weighted by Crippen LogP contribution is 2.46. The summed E-state index contributed by atoms with van der Waals surface area (Å²) in [6.45, 7) is 0.729. The van der Waals surface area contributed by atoms with Gasteiger partial charge in [-0.05, 0) is 42.5 Å². The molecule has 1 aliphatic heterocycles. The number of piperidine rings is 1. The first-order valence-electron chi connectivity index (χ1n) is 9.05. The van der Waals surface area contributed by atoms with E-state index < -0.39 is 17.2 Å². The van der Waals surface area contributed by atoms with Crippen molar-refractivity contribution >= 4 is 5.69 Å². The minimum atomic E-state index is -0.548. The highest BCUT2D eigenvalue weighted by atomic mass is 19.1. The third-order valence-corrected chi connectivity index (χ3v) is 5.33. The molecule has 4 rings (SSSR count). The summed E-state index contributed by atoms with van der Waals surface area (Å²) in [5.74, 6) is -1.06. The molecule has 1 nitrogen and oxygen atoms in total. The Hall–Kier alpha value is -2.68. The number of anilines is 1. The Balaban J connectivity index is 1.95. The molecule has 0 atom stereocenters. The normalized spacial score (nSPS) is 16.5. The first-order valence-corrected chi connectivity index (χ1v) is 9.05. The molecule has 3 heteroatoms. The van der Waals surface area contributed by atoms with Crippen LogP contribution in [-0.4, -0.2) is 6.54 Å². The molecule has 3 aromatic rings. The molecular weight excluding hydrogens is 328 g/mol. The van der Waals surface area contributed by atoms with Gasteiger partial charge < -0.3 is 4.90 Å². The number of benzene rings is 3. The molecule has 0 aliphatic carbocycles. The number of hydrogen-bond donors (Lipinski definition) is 0. The smallest absolute Gasteiger partial charge is 0.149 e. The standard InChI is InChI=1S/C23H21F2N/c24-20-13-14-22(21(25)17-20)26-16-8-7-15-23(26,18-9-3-1-4-10-18)19-11-5-2-6-12-19/h1-6,9-14,17H,7-8,15-16H2. The summed E-state index contributed by atoms with van der Waals surface area (Å²) in [6, 6.07) is 24.4. The van der Waals surface area contributed by atoms with Gasteiger partial charge in [0.25, 0.3) is 0 Å². The van der Waals surface area contributed by atoms with E-state index in [1.165, 1.54) is 6.07 Å². The molecule has 0 amide bonds. The van der Waals surface area contributed by atoms with Crippen molar-refractivity contribution in [3.63, 3.8) is 0 Å². The summed E-state index contributed by atoms with van der Waals surface area (Å²) >= 11 is 0. The lowest BCUT2D eigenvalue weighted by Gasteiger charge is -2.49. The van der Waals surface area contributed by atoms with Crippen LogP contribution < -0.4 is 4.90 Å². The van der Waals surface area contributed by atoms with Crippen molar-refractivity contribution in [1.29, 1.82) is 0 Å². The molecule has 0 spiro atoms. The molecule has 26 heavy (non-hydrogen) atoms. The highest BCUT2D eigenvalue weighted by molar-refractivity contribution is 5.58. The number of nitrogens with zero attached hydrogens (tertiary/aromatic N) is 1. The molecule has 0 bridgehead atoms. The van der Waals surface area contributed by atoms with Crippen molar-refractivity contribution in [2.45, 2.75) is 24.8 Å². The lowest BCUT2D eigenvalue weighted by molar-refractivity contribution is 0.365. The number of rotatable bonds is 3. The van der Waals surface area contributed by atoms with Crippen LogP contribution in [0.25, 0.3) is 0 Å². The lowest BCUT2D eigenvalue weighted by atomic mass is 9.74. The van der Waals surface area contributed by atoms with Crippen LogP contribution in [0.4, 0.5) is 14.5 Å². The van der Waals surface area contributed by atoms with Gasteiger partial charge in [0.15, 0.2) is 0 Å². The van der Waals surface area contributed by atoms with Crippen LogP contribution in [0.2, 0.25) is 0 Å². The van der Waals surface area contributed by atoms with Gasteiger partial charge in [-0.2, -0.15) is 0 Å². The van der Waals surface area contributed by atoms with Gasteiger partial charge in [-0.15, -0.1) is 0 Å². The van der Waals surface area contributed by atoms with Gasteiger partial charge in [-0.1, -0.05) is 60.7 Å². The quantitative estimate of drug-likeness (QED) is 0.569. The van der Waals surface area contributed by atoms with E-state index in [1.54, 1.807) is 6.07 Å². The van der Waals surface area contributed by atoms with Crippen molar-refractivity contribution in [3.8, 4) is 0 Å². The summed E-state index contributed by atoms with van der Waals surface area (Å²) in [5.41, 5.74) is 2.27. The van der Waals surface area contributed by atoms with Crippen LogP contribution >= 0.6 is 0 Å². The Morgan fingerprint density at radius 2 is 1.35 bits per heavy atom. The second-order valence-corrected chi connectivity index (χ2v) is 6.80. The molecule has 0 saturated carbocycles. The van der Waals surface area contributed by atoms with E-state index in [2.05, 4.69) is 29.2 Å². The molecule has 1 saturated heterocycles. The minimum absolute atomic E-state index is 0.457. The van der Waals surface area contributed by atoms with Gasteiger partial charge in [0.1, 0.15) is 11.6 Å². The number of halogens is 2. The molecule has 0 N–H and O–H groups in total. The van der Waals surface area contributed by atoms with E-state index in [0.717, 1.165) is 43.0 Å². The maximum absolute atomic E-state index is 14.7. The van der Waals surface area contributed by atoms with Gasteiger partial charge in [-0.3, -0.25) is 0 Å². The first kappa shape index (κ1) is 16.8. The molecule has 3 aromatic carbocycles. The average molecular weight is 349 g/mol. The van der Waals surface area contributed by atoms with Crippen LogP contribution in [0.5, 0.6) is 0 Å². The molecule has 0 radical (unpaired) electrons. The average Bonchev–Trinajstić information content (AvgIpc) is 2.69. The number of hydrogen-bond acceptors (Lipinski definition) is 1. The summed E-state index contributed by atoms with van der Waals surface area (Å²) < 4.78 is 28.2. The highest BCUT2D eigenvalue weighted by Gasteiger charge is 2.42. The Bertz CT molecular complexity index is 838. The van der Waals surface area contributed by atoms with Crippen molar-refractivity contribution < 1.29 is 8.78 Å². The van der Waals surface area contributed by atoms with E-state index >= 15 is 0 Å². The Morgan fingerprint density at radius 1 is 0.731 bits per heavy atom. The molecule has 0 unspecified atom stereocenters. The molecule has 1 aliphatic rings. The van der Waals surface area contributed by atoms with Gasteiger partial charge in [0.2, 0.25) is 0 Å². The summed E-state index contributed by atoms with van der Waals surface area (Å²) in [5, 5.41) is 0. The SMILES string of the molecule is Fc1ccc(N2CCCCC2(c2ccccc2)c2ccccc2)c(F)c1. The molecule has 1 heterocycles. The Morgan fingerprint density at radius 3 is 1.92 bits per heavy atom. The van der Waals surface area contributed by atoms with E-state index in [9.17, 15) is 8.78 Å². The zero-order chi connectivity index (χ0) is 18.0. The van der Waals surface area contributed by atoms with Crippen LogP contribution in [0.1, 0.15) is 30.4 Å². The van der Waals surface area contributed by atoms with Crippen LogP contribution in [0, 0.1) is 11.6 Å². The second kappa shape index (κ2) is 6.91. The third-order valence-electron chi connectivity index (χ3n) is 5.33. The fourth-order valence-corrected chi connectivity index (χ4v) is 4.20. The van der Waals surface area contributed by atoms with Crippen LogP contribution in [0.15, 0.2) is 78.9 Å². The monoisotopic (exact) mass is 349 g/mol. The van der Waals surface area contributed by atoms with E-state index in [1.807, 2.05) is 36.4 Å².